The van der Waals surface area contributed by atoms with Crippen LogP contribution >= 0.6 is 11.8 Å². The summed E-state index contributed by atoms with van der Waals surface area (Å²) in [5.41, 5.74) is -1.37. The molecule has 0 bridgehead atoms. The number of hydrogen-bond acceptors (Lipinski definition) is 5. The van der Waals surface area contributed by atoms with Gasteiger partial charge in [-0.05, 0) is 48.6 Å². The van der Waals surface area contributed by atoms with Gasteiger partial charge < -0.3 is 5.11 Å². The number of nitrogens with one attached hydrogen (secondary N) is 1. The first-order valence-corrected chi connectivity index (χ1v) is 10.7. The zero-order valence-corrected chi connectivity index (χ0v) is 16.5. The third-order valence-corrected chi connectivity index (χ3v) is 6.18. The second kappa shape index (κ2) is 8.86. The first kappa shape index (κ1) is 22.7. The van der Waals surface area contributed by atoms with Gasteiger partial charge in [-0.1, -0.05) is 12.1 Å². The maximum absolute atomic E-state index is 12.8. The highest BCUT2D eigenvalue weighted by atomic mass is 32.2. The van der Waals surface area contributed by atoms with Crippen LogP contribution in [0.25, 0.3) is 0 Å². The summed E-state index contributed by atoms with van der Waals surface area (Å²) in [7, 11) is -4.57. The van der Waals surface area contributed by atoms with E-state index in [4.69, 9.17) is 5.26 Å². The number of carboxylic acids is 1. The van der Waals surface area contributed by atoms with E-state index in [1.807, 2.05) is 11.0 Å². The van der Waals surface area contributed by atoms with Crippen molar-refractivity contribution in [2.75, 3.05) is 6.26 Å². The van der Waals surface area contributed by atoms with Gasteiger partial charge in [-0.25, -0.2) is 8.42 Å². The van der Waals surface area contributed by atoms with Crippen LogP contribution in [0.2, 0.25) is 0 Å². The molecule has 2 N–H and O–H groups in total. The van der Waals surface area contributed by atoms with Crippen LogP contribution in [0, 0.1) is 11.3 Å². The van der Waals surface area contributed by atoms with Crippen LogP contribution in [-0.4, -0.2) is 31.8 Å². The van der Waals surface area contributed by atoms with Gasteiger partial charge in [-0.2, -0.15) is 23.2 Å². The summed E-state index contributed by atoms with van der Waals surface area (Å²) in [6.45, 7) is 0. The third kappa shape index (κ3) is 5.72. The number of sulfonamides is 1. The van der Waals surface area contributed by atoms with Crippen LogP contribution in [0.1, 0.15) is 16.7 Å². The second-order valence-electron chi connectivity index (χ2n) is 5.88. The minimum atomic E-state index is -4.76. The van der Waals surface area contributed by atoms with E-state index in [0.29, 0.717) is 23.8 Å². The molecule has 0 amide bonds. The number of thioether (sulfide) groups is 1. The van der Waals surface area contributed by atoms with E-state index in [2.05, 4.69) is 0 Å². The fraction of sp³-hybridized carbons (Fsp3) is 0.222. The molecular weight excluding hydrogens is 429 g/mol. The highest BCUT2D eigenvalue weighted by molar-refractivity contribution is 7.98. The number of rotatable bonds is 7. The fourth-order valence-electron chi connectivity index (χ4n) is 2.46. The van der Waals surface area contributed by atoms with Crippen LogP contribution in [0.5, 0.6) is 0 Å². The average Bonchev–Trinajstić information content (AvgIpc) is 2.66. The molecule has 154 valence electrons. The summed E-state index contributed by atoms with van der Waals surface area (Å²) in [4.78, 5) is 11.7. The number of hydrogen-bond donors (Lipinski definition) is 2. The quantitative estimate of drug-likeness (QED) is 0.635. The minimum absolute atomic E-state index is 0.189. The molecule has 0 aliphatic rings. The maximum Gasteiger partial charge on any atom is 0.416 e. The van der Waals surface area contributed by atoms with Gasteiger partial charge in [-0.15, -0.1) is 11.8 Å². The Kier molecular flexibility index (Phi) is 6.94. The predicted octanol–water partition coefficient (Wildman–Crippen LogP) is 3.27. The van der Waals surface area contributed by atoms with Gasteiger partial charge in [0.2, 0.25) is 10.0 Å². The van der Waals surface area contributed by atoms with E-state index in [0.717, 1.165) is 4.90 Å². The van der Waals surface area contributed by atoms with E-state index in [-0.39, 0.29) is 6.42 Å². The van der Waals surface area contributed by atoms with E-state index in [1.54, 1.807) is 24.3 Å². The van der Waals surface area contributed by atoms with Crippen LogP contribution in [0.3, 0.4) is 0 Å². The molecule has 0 saturated heterocycles. The molecule has 0 aromatic heterocycles. The molecule has 0 spiro atoms. The van der Waals surface area contributed by atoms with Crippen molar-refractivity contribution in [2.45, 2.75) is 28.4 Å². The molecule has 0 aliphatic carbocycles. The largest absolute Gasteiger partial charge is 0.480 e. The lowest BCUT2D eigenvalue weighted by Crippen LogP contribution is -2.42. The van der Waals surface area contributed by atoms with Crippen molar-refractivity contribution in [1.82, 2.24) is 4.72 Å². The first-order chi connectivity index (χ1) is 13.5. The maximum atomic E-state index is 12.8. The van der Waals surface area contributed by atoms with Crippen molar-refractivity contribution in [2.24, 2.45) is 0 Å². The molecule has 2 rings (SSSR count). The van der Waals surface area contributed by atoms with Crippen LogP contribution in [0.15, 0.2) is 52.3 Å². The fourth-order valence-corrected chi connectivity index (χ4v) is 4.19. The van der Waals surface area contributed by atoms with Crippen molar-refractivity contribution in [3.8, 4) is 6.07 Å². The Hall–Kier alpha value is -2.55. The van der Waals surface area contributed by atoms with Crippen LogP contribution in [-0.2, 0) is 27.4 Å². The van der Waals surface area contributed by atoms with Crippen molar-refractivity contribution in [3.63, 3.8) is 0 Å². The van der Waals surface area contributed by atoms with E-state index >= 15 is 0 Å². The second-order valence-corrected chi connectivity index (χ2v) is 8.45. The number of carboxylic acid groups (broad SMARTS) is 1. The number of carbonyl (C=O) groups is 1. The first-order valence-electron chi connectivity index (χ1n) is 7.97. The Labute approximate surface area is 169 Å². The number of halogens is 3. The highest BCUT2D eigenvalue weighted by Gasteiger charge is 2.33. The molecule has 0 aliphatic heterocycles. The molecule has 1 atom stereocenters. The lowest BCUT2D eigenvalue weighted by molar-refractivity contribution is -0.139. The Bertz CT molecular complexity index is 1050. The monoisotopic (exact) mass is 444 g/mol. The van der Waals surface area contributed by atoms with Gasteiger partial charge >= 0.3 is 12.1 Å². The van der Waals surface area contributed by atoms with Crippen molar-refractivity contribution in [3.05, 3.63) is 59.2 Å². The third-order valence-electron chi connectivity index (χ3n) is 3.91. The zero-order valence-electron chi connectivity index (χ0n) is 14.9. The Morgan fingerprint density at radius 2 is 1.86 bits per heavy atom. The molecule has 0 saturated carbocycles. The molecule has 0 fully saturated rings. The summed E-state index contributed by atoms with van der Waals surface area (Å²) >= 11 is 1.48. The normalized spacial score (nSPS) is 12.9. The minimum Gasteiger partial charge on any atom is -0.480 e. The lowest BCUT2D eigenvalue weighted by atomic mass is 10.1. The van der Waals surface area contributed by atoms with E-state index in [9.17, 15) is 31.5 Å². The van der Waals surface area contributed by atoms with E-state index < -0.39 is 44.2 Å². The summed E-state index contributed by atoms with van der Waals surface area (Å²) in [5.74, 6) is -1.46. The summed E-state index contributed by atoms with van der Waals surface area (Å²) in [6.07, 6.45) is -3.08. The topological polar surface area (TPSA) is 107 Å². The number of nitriles is 1. The SMILES string of the molecule is CSc1ccc(CC(NS(=O)(=O)c2ccc(C(F)(F)F)cc2C#N)C(=O)O)cc1. The molecule has 11 heteroatoms. The van der Waals surface area contributed by atoms with E-state index in [1.165, 1.54) is 17.8 Å². The molecule has 29 heavy (non-hydrogen) atoms. The lowest BCUT2D eigenvalue weighted by Gasteiger charge is -2.16. The van der Waals surface area contributed by atoms with Crippen LogP contribution < -0.4 is 4.72 Å². The molecular formula is C18H15F3N2O4S2. The Morgan fingerprint density at radius 1 is 1.24 bits per heavy atom. The smallest absolute Gasteiger partial charge is 0.416 e. The van der Waals surface area contributed by atoms with Crippen LogP contribution in [0.4, 0.5) is 13.2 Å². The highest BCUT2D eigenvalue weighted by Crippen LogP contribution is 2.31. The average molecular weight is 444 g/mol. The summed E-state index contributed by atoms with van der Waals surface area (Å²) in [5, 5.41) is 18.4. The van der Waals surface area contributed by atoms with Gasteiger partial charge in [0, 0.05) is 4.90 Å². The van der Waals surface area contributed by atoms with Gasteiger partial charge in [-0.3, -0.25) is 4.79 Å². The zero-order chi connectivity index (χ0) is 21.8. The van der Waals surface area contributed by atoms with Crippen molar-refractivity contribution >= 4 is 27.8 Å². The summed E-state index contributed by atoms with van der Waals surface area (Å²) in [6, 6.07) is 8.19. The number of alkyl halides is 3. The number of benzene rings is 2. The molecule has 6 nitrogen and oxygen atoms in total. The number of aliphatic carboxylic acids is 1. The number of nitrogens with zero attached hydrogens (tertiary/aromatic N) is 1. The molecule has 2 aromatic rings. The Morgan fingerprint density at radius 3 is 2.34 bits per heavy atom. The van der Waals surface area contributed by atoms with Crippen molar-refractivity contribution < 1.29 is 31.5 Å². The molecule has 0 heterocycles. The van der Waals surface area contributed by atoms with Gasteiger partial charge in [0.25, 0.3) is 0 Å². The predicted molar refractivity (Wildman–Crippen MR) is 99.8 cm³/mol. The standard InChI is InChI=1S/C18H15F3N2O4S2/c1-28-14-5-2-11(3-6-14)8-15(17(24)25)23-29(26,27)16-7-4-13(18(19,20)21)9-12(16)10-22/h2-7,9,15,23H,8H2,1H3,(H,24,25). The Balaban J connectivity index is 2.33. The van der Waals surface area contributed by atoms with Gasteiger partial charge in [0.1, 0.15) is 12.1 Å². The molecule has 0 radical (unpaired) electrons. The van der Waals surface area contributed by atoms with Crippen molar-refractivity contribution in [1.29, 1.82) is 5.26 Å². The van der Waals surface area contributed by atoms with Gasteiger partial charge in [0.15, 0.2) is 0 Å². The molecule has 1 unspecified atom stereocenters. The van der Waals surface area contributed by atoms with Gasteiger partial charge in [0.05, 0.1) is 16.0 Å². The molecule has 2 aromatic carbocycles. The summed E-state index contributed by atoms with van der Waals surface area (Å²) < 4.78 is 65.5.